The van der Waals surface area contributed by atoms with E-state index in [4.69, 9.17) is 22.1 Å². The van der Waals surface area contributed by atoms with Crippen LogP contribution in [0, 0.1) is 0 Å². The second kappa shape index (κ2) is 14.9. The zero-order valence-corrected chi connectivity index (χ0v) is 23.2. The summed E-state index contributed by atoms with van der Waals surface area (Å²) in [6.07, 6.45) is 3.42. The molecule has 208 valence electrons. The summed E-state index contributed by atoms with van der Waals surface area (Å²) in [6, 6.07) is 26.6. The molecule has 1 atom stereocenters. The molecule has 0 radical (unpaired) electrons. The van der Waals surface area contributed by atoms with Gasteiger partial charge in [-0.15, -0.1) is 0 Å². The molecule has 0 spiro atoms. The van der Waals surface area contributed by atoms with Gasteiger partial charge in [-0.2, -0.15) is 0 Å². The zero-order valence-electron chi connectivity index (χ0n) is 22.4. The summed E-state index contributed by atoms with van der Waals surface area (Å²) in [5, 5.41) is 10.6. The molecular formula is C31H39ClN4O3. The molecule has 1 aliphatic rings. The monoisotopic (exact) mass is 550 g/mol. The van der Waals surface area contributed by atoms with Crippen LogP contribution in [0.15, 0.2) is 78.9 Å². The van der Waals surface area contributed by atoms with Gasteiger partial charge in [-0.3, -0.25) is 10.1 Å². The SMILES string of the molecule is NC(=O)N(O)CCCCc1ccc(OCCCN2CCN([C@H](c3ccccc3)c3ccc(Cl)cc3)CC2)cc1. The second-order valence-electron chi connectivity index (χ2n) is 10.0. The number of rotatable bonds is 13. The van der Waals surface area contributed by atoms with Crippen LogP contribution in [-0.4, -0.2) is 72.0 Å². The van der Waals surface area contributed by atoms with Gasteiger partial charge in [0.1, 0.15) is 5.75 Å². The van der Waals surface area contributed by atoms with Gasteiger partial charge in [0.25, 0.3) is 0 Å². The van der Waals surface area contributed by atoms with Crippen molar-refractivity contribution in [3.63, 3.8) is 0 Å². The maximum atomic E-state index is 10.8. The third-order valence-corrected chi connectivity index (χ3v) is 7.48. The minimum atomic E-state index is -0.815. The van der Waals surface area contributed by atoms with Crippen molar-refractivity contribution in [2.45, 2.75) is 31.7 Å². The summed E-state index contributed by atoms with van der Waals surface area (Å²) in [4.78, 5) is 15.9. The number of ether oxygens (including phenoxy) is 1. The molecule has 3 aromatic carbocycles. The smallest absolute Gasteiger partial charge is 0.338 e. The molecule has 1 aliphatic heterocycles. The Kier molecular flexibility index (Phi) is 11.0. The second-order valence-corrected chi connectivity index (χ2v) is 10.4. The number of nitrogens with two attached hydrogens (primary N) is 1. The molecule has 0 saturated carbocycles. The topological polar surface area (TPSA) is 82.3 Å². The summed E-state index contributed by atoms with van der Waals surface area (Å²) >= 11 is 6.16. The molecule has 7 nitrogen and oxygen atoms in total. The summed E-state index contributed by atoms with van der Waals surface area (Å²) in [5.41, 5.74) is 8.81. The minimum absolute atomic E-state index is 0.233. The minimum Gasteiger partial charge on any atom is -0.494 e. The molecule has 8 heteroatoms. The van der Waals surface area contributed by atoms with Gasteiger partial charge in [0.2, 0.25) is 0 Å². The number of carbonyl (C=O) groups is 1. The van der Waals surface area contributed by atoms with Crippen LogP contribution in [0.5, 0.6) is 5.75 Å². The van der Waals surface area contributed by atoms with Gasteiger partial charge in [0, 0.05) is 37.7 Å². The average molecular weight is 551 g/mol. The summed E-state index contributed by atoms with van der Waals surface area (Å²) in [6.45, 7) is 6.08. The molecule has 0 unspecified atom stereocenters. The first-order chi connectivity index (χ1) is 19.0. The lowest BCUT2D eigenvalue weighted by atomic mass is 9.96. The number of benzene rings is 3. The van der Waals surface area contributed by atoms with E-state index < -0.39 is 6.03 Å². The fraction of sp³-hybridized carbons (Fsp3) is 0.387. The molecular weight excluding hydrogens is 512 g/mol. The van der Waals surface area contributed by atoms with Crippen LogP contribution in [0.4, 0.5) is 4.79 Å². The lowest BCUT2D eigenvalue weighted by Gasteiger charge is -2.39. The van der Waals surface area contributed by atoms with Crippen LogP contribution in [0.25, 0.3) is 0 Å². The molecule has 1 saturated heterocycles. The van der Waals surface area contributed by atoms with Crippen LogP contribution in [0.3, 0.4) is 0 Å². The van der Waals surface area contributed by atoms with Crippen molar-refractivity contribution in [3.05, 3.63) is 101 Å². The van der Waals surface area contributed by atoms with Crippen molar-refractivity contribution >= 4 is 17.6 Å². The number of halogens is 1. The third kappa shape index (κ3) is 8.97. The number of hydrogen-bond acceptors (Lipinski definition) is 5. The molecule has 3 N–H and O–H groups in total. The van der Waals surface area contributed by atoms with E-state index in [0.717, 1.165) is 62.8 Å². The van der Waals surface area contributed by atoms with Gasteiger partial charge in [0.15, 0.2) is 0 Å². The number of unbranched alkanes of at least 4 members (excludes halogenated alkanes) is 1. The Hall–Kier alpha value is -3.10. The number of primary amides is 1. The first-order valence-corrected chi connectivity index (χ1v) is 14.1. The number of hydroxylamine groups is 2. The van der Waals surface area contributed by atoms with Crippen LogP contribution < -0.4 is 10.5 Å². The normalized spacial score (nSPS) is 15.1. The first kappa shape index (κ1) is 28.9. The van der Waals surface area contributed by atoms with Gasteiger partial charge < -0.3 is 15.4 Å². The Bertz CT molecular complexity index is 1140. The van der Waals surface area contributed by atoms with E-state index in [0.29, 0.717) is 18.1 Å². The standard InChI is InChI=1S/C31H39ClN4O3/c32-28-14-12-27(13-15-28)30(26-8-2-1-3-9-26)35-22-20-34(21-23-35)18-6-24-39-29-16-10-25(11-17-29)7-4-5-19-36(38)31(33)37/h1-3,8-17,30,38H,4-7,18-24H2,(H2,33,37)/t30-/m1/s1. The van der Waals surface area contributed by atoms with Crippen LogP contribution in [0.1, 0.15) is 42.0 Å². The van der Waals surface area contributed by atoms with E-state index in [1.54, 1.807) is 0 Å². The van der Waals surface area contributed by atoms with Gasteiger partial charge in [-0.05, 0) is 66.6 Å². The number of amides is 2. The molecule has 2 amide bonds. The zero-order chi connectivity index (χ0) is 27.5. The first-order valence-electron chi connectivity index (χ1n) is 13.7. The van der Waals surface area contributed by atoms with Gasteiger partial charge in [-0.1, -0.05) is 66.2 Å². The van der Waals surface area contributed by atoms with Crippen LogP contribution in [-0.2, 0) is 6.42 Å². The van der Waals surface area contributed by atoms with Crippen molar-refractivity contribution in [1.29, 1.82) is 0 Å². The third-order valence-electron chi connectivity index (χ3n) is 7.22. The predicted molar refractivity (Wildman–Crippen MR) is 155 cm³/mol. The van der Waals surface area contributed by atoms with E-state index >= 15 is 0 Å². The van der Waals surface area contributed by atoms with Gasteiger partial charge >= 0.3 is 6.03 Å². The van der Waals surface area contributed by atoms with E-state index in [1.807, 2.05) is 24.3 Å². The summed E-state index contributed by atoms with van der Waals surface area (Å²) in [7, 11) is 0. The van der Waals surface area contributed by atoms with Crippen molar-refractivity contribution in [2.24, 2.45) is 5.73 Å². The van der Waals surface area contributed by atoms with Crippen LogP contribution in [0.2, 0.25) is 5.02 Å². The quantitative estimate of drug-likeness (QED) is 0.164. The number of piperazine rings is 1. The maximum Gasteiger partial charge on any atom is 0.338 e. The molecule has 4 rings (SSSR count). The number of nitrogens with zero attached hydrogens (tertiary/aromatic N) is 3. The lowest BCUT2D eigenvalue weighted by Crippen LogP contribution is -2.48. The number of urea groups is 1. The Labute approximate surface area is 236 Å². The largest absolute Gasteiger partial charge is 0.494 e. The van der Waals surface area contributed by atoms with Crippen molar-refractivity contribution in [2.75, 3.05) is 45.9 Å². The average Bonchev–Trinajstić information content (AvgIpc) is 2.96. The fourth-order valence-corrected chi connectivity index (χ4v) is 5.20. The molecule has 0 aliphatic carbocycles. The van der Waals surface area contributed by atoms with Gasteiger partial charge in [-0.25, -0.2) is 9.86 Å². The Morgan fingerprint density at radius 3 is 2.23 bits per heavy atom. The molecule has 0 bridgehead atoms. The Balaban J connectivity index is 1.16. The number of carbonyl (C=O) groups excluding carboxylic acids is 1. The highest BCUT2D eigenvalue weighted by atomic mass is 35.5. The van der Waals surface area contributed by atoms with E-state index in [9.17, 15) is 10.0 Å². The lowest BCUT2D eigenvalue weighted by molar-refractivity contribution is -0.0402. The highest BCUT2D eigenvalue weighted by molar-refractivity contribution is 6.30. The highest BCUT2D eigenvalue weighted by Gasteiger charge is 2.26. The molecule has 1 heterocycles. The molecule has 39 heavy (non-hydrogen) atoms. The predicted octanol–water partition coefficient (Wildman–Crippen LogP) is 5.61. The van der Waals surface area contributed by atoms with Crippen molar-refractivity contribution in [1.82, 2.24) is 14.9 Å². The molecule has 1 fully saturated rings. The van der Waals surface area contributed by atoms with Crippen molar-refractivity contribution < 1.29 is 14.7 Å². The Morgan fingerprint density at radius 2 is 1.56 bits per heavy atom. The summed E-state index contributed by atoms with van der Waals surface area (Å²) < 4.78 is 5.98. The summed E-state index contributed by atoms with van der Waals surface area (Å²) in [5.74, 6) is 0.882. The highest BCUT2D eigenvalue weighted by Crippen LogP contribution is 2.30. The fourth-order valence-electron chi connectivity index (χ4n) is 5.07. The Morgan fingerprint density at radius 1 is 0.897 bits per heavy atom. The molecule has 3 aromatic rings. The molecule has 0 aromatic heterocycles. The van der Waals surface area contributed by atoms with Gasteiger partial charge in [0.05, 0.1) is 19.2 Å². The van der Waals surface area contributed by atoms with E-state index in [-0.39, 0.29) is 12.6 Å². The van der Waals surface area contributed by atoms with E-state index in [2.05, 4.69) is 64.4 Å². The van der Waals surface area contributed by atoms with Crippen LogP contribution >= 0.6 is 11.6 Å². The van der Waals surface area contributed by atoms with Crippen molar-refractivity contribution in [3.8, 4) is 5.75 Å². The number of aryl methyl sites for hydroxylation is 1. The maximum absolute atomic E-state index is 10.8. The number of hydrogen-bond donors (Lipinski definition) is 2. The van der Waals surface area contributed by atoms with E-state index in [1.165, 1.54) is 16.7 Å².